The fourth-order valence-electron chi connectivity index (χ4n) is 5.00. The molecule has 0 aliphatic carbocycles. The molecule has 6 aromatic rings. The Morgan fingerprint density at radius 2 is 0.967 bits per heavy atom. The molecule has 0 radical (unpaired) electrons. The Bertz CT molecular complexity index is 2460. The molecule has 6 rings (SSSR count). The summed E-state index contributed by atoms with van der Waals surface area (Å²) < 4.78 is 164. The topological polar surface area (TPSA) is 86.7 Å². The van der Waals surface area contributed by atoms with Crippen molar-refractivity contribution in [3.8, 4) is 5.75 Å². The van der Waals surface area contributed by atoms with Crippen LogP contribution in [0.2, 0.25) is 0 Å². The van der Waals surface area contributed by atoms with Gasteiger partial charge in [0.25, 0.3) is 0 Å². The number of hydrogen-bond acceptors (Lipinski definition) is 5. The summed E-state index contributed by atoms with van der Waals surface area (Å²) in [6, 6.07) is 34.1. The van der Waals surface area contributed by atoms with Crippen molar-refractivity contribution in [2.24, 2.45) is 0 Å². The van der Waals surface area contributed by atoms with Gasteiger partial charge < -0.3 is 14.4 Å². The van der Waals surface area contributed by atoms with Gasteiger partial charge in [-0.15, -0.1) is 0 Å². The minimum atomic E-state index is -9.60. The summed E-state index contributed by atoms with van der Waals surface area (Å²) in [6.07, 6.45) is 0. The summed E-state index contributed by atoms with van der Waals surface area (Å²) in [5.41, 5.74) is 6.01. The van der Waals surface area contributed by atoms with Crippen LogP contribution in [0.25, 0.3) is 0 Å². The second kappa shape index (κ2) is 18.2. The normalized spacial score (nSPS) is 13.8. The Hall–Kier alpha value is -4.28. The number of hydrogen-bond donors (Lipinski definition) is 1. The molecule has 0 saturated carbocycles. The first-order chi connectivity index (χ1) is 27.7. The molecule has 6 aromatic carbocycles. The first-order valence-electron chi connectivity index (χ1n) is 17.5. The molecular formula is C42H41F10IO5S3-2. The smallest absolute Gasteiger partial charge is 0.310 e. The van der Waals surface area contributed by atoms with Gasteiger partial charge in [0.05, 0.1) is 11.5 Å². The van der Waals surface area contributed by atoms with Crippen molar-refractivity contribution >= 4 is 30.6 Å². The fraction of sp³-hybridized carbons (Fsp3) is 0.143. The summed E-state index contributed by atoms with van der Waals surface area (Å²) in [6.45, 7) is 8.00. The van der Waals surface area contributed by atoms with Gasteiger partial charge in [0.2, 0.25) is 0 Å². The van der Waals surface area contributed by atoms with Gasteiger partial charge in [-0.1, -0.05) is 97.8 Å². The molecule has 61 heavy (non-hydrogen) atoms. The standard InChI is InChI=1S/C15H15F5IS.C13H11F5OS.C7H8O3S.C7H8O/c1-10-8-11(2)15(12(3)9-10)21-13-4-6-14(7-5-13)22(16,17,18,19)20;14-20(15,16,17,18)13-8-6-12(7-9-13)19-10-11-4-2-1-3-5-11;1-6-2-4-7(5-3-6)11(8,9)10;8-6-7-4-2-1-3-5-7/h4-9H,1-3H3;1-9H,10H2;2-5H,1H3,(H,8,9,10);1-5,8H,6H2/q-1;;;/p-1. The van der Waals surface area contributed by atoms with Gasteiger partial charge in [0, 0.05) is 0 Å². The van der Waals surface area contributed by atoms with Crippen LogP contribution in [0.4, 0.5) is 38.9 Å². The van der Waals surface area contributed by atoms with Crippen molar-refractivity contribution in [1.29, 1.82) is 0 Å². The summed E-state index contributed by atoms with van der Waals surface area (Å²) >= 11 is -0.710. The number of aryl methyl sites for hydroxylation is 4. The zero-order valence-corrected chi connectivity index (χ0v) is 37.3. The Labute approximate surface area is 358 Å². The van der Waals surface area contributed by atoms with E-state index in [1.165, 1.54) is 24.3 Å². The van der Waals surface area contributed by atoms with Crippen LogP contribution in [-0.2, 0) is 23.3 Å². The molecule has 5 nitrogen and oxygen atoms in total. The van der Waals surface area contributed by atoms with Crippen molar-refractivity contribution in [2.45, 2.75) is 55.6 Å². The zero-order chi connectivity index (χ0) is 46.0. The van der Waals surface area contributed by atoms with Gasteiger partial charge in [-0.25, -0.2) is 8.42 Å². The second-order valence-electron chi connectivity index (χ2n) is 13.4. The van der Waals surface area contributed by atoms with E-state index in [1.807, 2.05) is 76.2 Å². The third kappa shape index (κ3) is 17.9. The summed E-state index contributed by atoms with van der Waals surface area (Å²) in [4.78, 5) is -3.93. The Kier molecular flexibility index (Phi) is 15.2. The van der Waals surface area contributed by atoms with Gasteiger partial charge in [0.1, 0.15) is 27.4 Å². The molecule has 19 heteroatoms. The number of aliphatic hydroxyl groups excluding tert-OH is 1. The van der Waals surface area contributed by atoms with E-state index in [0.29, 0.717) is 27.8 Å². The van der Waals surface area contributed by atoms with E-state index in [0.717, 1.165) is 49.1 Å². The van der Waals surface area contributed by atoms with Crippen LogP contribution < -0.4 is 25.9 Å². The third-order valence-corrected chi connectivity index (χ3v) is 14.7. The van der Waals surface area contributed by atoms with Gasteiger partial charge >= 0.3 is 147 Å². The van der Waals surface area contributed by atoms with Crippen molar-refractivity contribution < 1.29 is 82.9 Å². The maximum Gasteiger partial charge on any atom is 0.310 e. The van der Waals surface area contributed by atoms with E-state index in [9.17, 15) is 51.8 Å². The molecular weight excluding hydrogens is 998 g/mol. The number of halogens is 11. The molecule has 1 N–H and O–H groups in total. The van der Waals surface area contributed by atoms with Gasteiger partial charge in [-0.05, 0) is 54.4 Å². The minimum absolute atomic E-state index is 0.0967. The van der Waals surface area contributed by atoms with Crippen molar-refractivity contribution in [1.82, 2.24) is 0 Å². The predicted octanol–water partition coefficient (Wildman–Crippen LogP) is 11.4. The summed E-state index contributed by atoms with van der Waals surface area (Å²) in [5.74, 6) is 0.0967. The first kappa shape index (κ1) is 51.1. The molecule has 0 aliphatic heterocycles. The minimum Gasteiger partial charge on any atom is -0.744 e. The summed E-state index contributed by atoms with van der Waals surface area (Å²) in [5, 5.41) is 8.54. The monoisotopic (exact) mass is 1040 g/mol. The molecule has 0 saturated heterocycles. The van der Waals surface area contributed by atoms with E-state index in [1.54, 1.807) is 36.4 Å². The maximum atomic E-state index is 12.7. The second-order valence-corrected chi connectivity index (χ2v) is 22.4. The van der Waals surface area contributed by atoms with Crippen LogP contribution in [-0.4, -0.2) is 18.1 Å². The predicted molar refractivity (Wildman–Crippen MR) is 216 cm³/mol. The summed E-state index contributed by atoms with van der Waals surface area (Å²) in [7, 11) is -23.4. The number of rotatable bonds is 9. The fourth-order valence-corrected chi connectivity index (χ4v) is 9.27. The van der Waals surface area contributed by atoms with E-state index in [-0.39, 0.29) is 23.9 Å². The Morgan fingerprint density at radius 1 is 0.557 bits per heavy atom. The Balaban J connectivity index is 0.000000232. The number of aliphatic hydroxyl groups is 1. The first-order valence-corrected chi connectivity index (χ1v) is 25.0. The van der Waals surface area contributed by atoms with Crippen LogP contribution in [0.5, 0.6) is 5.75 Å². The SMILES string of the molecule is Cc1cc(C)c([I-]c2ccc(S(F)(F)(F)(F)F)cc2)c(C)c1.Cc1ccc(S(=O)(=O)[O-])cc1.FS(F)(F)(F)(F)c1ccc(OCc2ccccc2)cc1.OCc1ccccc1. The molecule has 0 aromatic heterocycles. The zero-order valence-electron chi connectivity index (χ0n) is 32.7. The quantitative estimate of drug-likeness (QED) is 0.0886. The molecule has 0 amide bonds. The number of benzene rings is 6. The molecule has 0 heterocycles. The average molecular weight is 1040 g/mol. The largest absolute Gasteiger partial charge is 0.744 e. The Morgan fingerprint density at radius 3 is 1.34 bits per heavy atom. The molecule has 0 atom stereocenters. The molecule has 0 aliphatic rings. The molecule has 0 unspecified atom stereocenters. The number of ether oxygens (including phenoxy) is 1. The van der Waals surface area contributed by atoms with Crippen molar-refractivity contribution in [3.05, 3.63) is 186 Å². The van der Waals surface area contributed by atoms with Gasteiger partial charge in [-0.3, -0.25) is 0 Å². The van der Waals surface area contributed by atoms with Crippen LogP contribution in [0, 0.1) is 34.8 Å². The van der Waals surface area contributed by atoms with Crippen molar-refractivity contribution in [2.75, 3.05) is 0 Å². The van der Waals surface area contributed by atoms with E-state index < -0.39 is 61.6 Å². The molecule has 0 spiro atoms. The average Bonchev–Trinajstić information content (AvgIpc) is 3.15. The van der Waals surface area contributed by atoms with Crippen molar-refractivity contribution in [3.63, 3.8) is 0 Å². The van der Waals surface area contributed by atoms with Gasteiger partial charge in [-0.2, -0.15) is 0 Å². The van der Waals surface area contributed by atoms with E-state index in [2.05, 4.69) is 0 Å². The van der Waals surface area contributed by atoms with E-state index >= 15 is 0 Å². The van der Waals surface area contributed by atoms with Gasteiger partial charge in [0.15, 0.2) is 0 Å². The molecule has 336 valence electrons. The van der Waals surface area contributed by atoms with Crippen LogP contribution in [0.3, 0.4) is 0 Å². The van der Waals surface area contributed by atoms with Crippen LogP contribution >= 0.6 is 20.4 Å². The van der Waals surface area contributed by atoms with Crippen LogP contribution in [0.1, 0.15) is 33.4 Å². The van der Waals surface area contributed by atoms with E-state index in [4.69, 9.17) is 9.84 Å². The molecule has 0 fully saturated rings. The maximum absolute atomic E-state index is 12.7. The van der Waals surface area contributed by atoms with Crippen LogP contribution in [0.15, 0.2) is 160 Å². The molecule has 0 bridgehead atoms. The third-order valence-electron chi connectivity index (χ3n) is 7.90.